The van der Waals surface area contributed by atoms with Crippen LogP contribution in [0.3, 0.4) is 0 Å². The predicted molar refractivity (Wildman–Crippen MR) is 66.1 cm³/mol. The Balaban J connectivity index is 2.54. The highest BCUT2D eigenvalue weighted by atomic mass is 79.9. The van der Waals surface area contributed by atoms with Crippen LogP contribution in [0.15, 0.2) is 17.3 Å². The van der Waals surface area contributed by atoms with Crippen molar-refractivity contribution >= 4 is 45.0 Å². The standard InChI is InChI=1S/C10H6BrClN2O3/c11-1-2-14-9(15)5-3-7(12)8(13-17)4-6(5)10(14)16/h3-4H,1-2H2. The zero-order valence-corrected chi connectivity index (χ0v) is 10.8. The van der Waals surface area contributed by atoms with Crippen LogP contribution in [0, 0.1) is 4.91 Å². The molecule has 0 atom stereocenters. The van der Waals surface area contributed by atoms with Crippen molar-refractivity contribution in [3.63, 3.8) is 0 Å². The van der Waals surface area contributed by atoms with Gasteiger partial charge in [-0.2, -0.15) is 0 Å². The van der Waals surface area contributed by atoms with Gasteiger partial charge in [0.05, 0.1) is 16.1 Å². The lowest BCUT2D eigenvalue weighted by atomic mass is 10.1. The second kappa shape index (κ2) is 4.54. The van der Waals surface area contributed by atoms with E-state index in [-0.39, 0.29) is 28.4 Å². The fourth-order valence-electron chi connectivity index (χ4n) is 1.66. The summed E-state index contributed by atoms with van der Waals surface area (Å²) in [4.78, 5) is 35.3. The van der Waals surface area contributed by atoms with Crippen LogP contribution < -0.4 is 0 Å². The van der Waals surface area contributed by atoms with Crippen LogP contribution in [-0.2, 0) is 0 Å². The summed E-state index contributed by atoms with van der Waals surface area (Å²) in [5, 5.41) is 3.27. The molecule has 0 bridgehead atoms. The number of hydrogen-bond donors (Lipinski definition) is 0. The minimum absolute atomic E-state index is 0.0349. The van der Waals surface area contributed by atoms with Gasteiger partial charge in [-0.1, -0.05) is 27.5 Å². The third kappa shape index (κ3) is 1.87. The maximum Gasteiger partial charge on any atom is 0.261 e. The van der Waals surface area contributed by atoms with Gasteiger partial charge in [0.2, 0.25) is 0 Å². The van der Waals surface area contributed by atoms with Crippen molar-refractivity contribution in [3.8, 4) is 0 Å². The Morgan fingerprint density at radius 3 is 2.35 bits per heavy atom. The molecule has 0 radical (unpaired) electrons. The first kappa shape index (κ1) is 12.2. The lowest BCUT2D eigenvalue weighted by molar-refractivity contribution is 0.0665. The molecule has 1 aliphatic rings. The van der Waals surface area contributed by atoms with Gasteiger partial charge in [0.1, 0.15) is 5.69 Å². The van der Waals surface area contributed by atoms with Crippen LogP contribution in [-0.4, -0.2) is 28.6 Å². The third-order valence-corrected chi connectivity index (χ3v) is 3.10. The van der Waals surface area contributed by atoms with Crippen LogP contribution in [0.1, 0.15) is 20.7 Å². The lowest BCUT2D eigenvalue weighted by Crippen LogP contribution is -2.31. The van der Waals surface area contributed by atoms with Crippen molar-refractivity contribution in [2.24, 2.45) is 5.18 Å². The van der Waals surface area contributed by atoms with Gasteiger partial charge in [0, 0.05) is 11.9 Å². The van der Waals surface area contributed by atoms with Crippen LogP contribution in [0.25, 0.3) is 0 Å². The fraction of sp³-hybridized carbons (Fsp3) is 0.200. The van der Waals surface area contributed by atoms with Crippen molar-refractivity contribution in [1.82, 2.24) is 4.90 Å². The number of benzene rings is 1. The second-order valence-electron chi connectivity index (χ2n) is 3.39. The number of rotatable bonds is 3. The molecule has 0 saturated carbocycles. The van der Waals surface area contributed by atoms with Crippen molar-refractivity contribution in [2.45, 2.75) is 0 Å². The molecule has 0 saturated heterocycles. The summed E-state index contributed by atoms with van der Waals surface area (Å²) < 4.78 is 0. The highest BCUT2D eigenvalue weighted by Gasteiger charge is 2.35. The number of hydrogen-bond acceptors (Lipinski definition) is 4. The molecule has 1 aromatic carbocycles. The highest BCUT2D eigenvalue weighted by Crippen LogP contribution is 2.33. The number of halogens is 2. The summed E-state index contributed by atoms with van der Waals surface area (Å²) in [6.07, 6.45) is 0. The topological polar surface area (TPSA) is 66.8 Å². The van der Waals surface area contributed by atoms with Gasteiger partial charge < -0.3 is 0 Å². The highest BCUT2D eigenvalue weighted by molar-refractivity contribution is 9.09. The molecular weight excluding hydrogens is 311 g/mol. The summed E-state index contributed by atoms with van der Waals surface area (Å²) in [5.41, 5.74) is 0.357. The lowest BCUT2D eigenvalue weighted by Gasteiger charge is -2.10. The zero-order valence-electron chi connectivity index (χ0n) is 8.44. The molecule has 88 valence electrons. The predicted octanol–water partition coefficient (Wildman–Crippen LogP) is 2.73. The molecule has 0 spiro atoms. The monoisotopic (exact) mass is 316 g/mol. The number of alkyl halides is 1. The molecule has 0 aliphatic carbocycles. The summed E-state index contributed by atoms with van der Waals surface area (Å²) in [6.45, 7) is 0.272. The Bertz CT molecular complexity index is 533. The fourth-order valence-corrected chi connectivity index (χ4v) is 2.21. The van der Waals surface area contributed by atoms with E-state index in [9.17, 15) is 14.5 Å². The number of carbonyl (C=O) groups excluding carboxylic acids is 2. The van der Waals surface area contributed by atoms with Crippen LogP contribution in [0.4, 0.5) is 5.69 Å². The van der Waals surface area contributed by atoms with Crippen molar-refractivity contribution < 1.29 is 9.59 Å². The Kier molecular flexibility index (Phi) is 3.26. The SMILES string of the molecule is O=Nc1cc2c(cc1Cl)C(=O)N(CCBr)C2=O. The first-order chi connectivity index (χ1) is 8.10. The van der Waals surface area contributed by atoms with E-state index in [2.05, 4.69) is 21.1 Å². The molecule has 1 aliphatic heterocycles. The number of nitrogens with zero attached hydrogens (tertiary/aromatic N) is 2. The van der Waals surface area contributed by atoms with Gasteiger partial charge in [-0.15, -0.1) is 4.91 Å². The van der Waals surface area contributed by atoms with Gasteiger partial charge in [0.25, 0.3) is 11.8 Å². The minimum atomic E-state index is -0.425. The molecule has 17 heavy (non-hydrogen) atoms. The third-order valence-electron chi connectivity index (χ3n) is 2.44. The average molecular weight is 318 g/mol. The van der Waals surface area contributed by atoms with E-state index in [0.29, 0.717) is 5.33 Å². The van der Waals surface area contributed by atoms with E-state index in [1.807, 2.05) is 0 Å². The first-order valence-corrected chi connectivity index (χ1v) is 6.19. The van der Waals surface area contributed by atoms with E-state index in [1.165, 1.54) is 12.1 Å². The van der Waals surface area contributed by atoms with E-state index in [0.717, 1.165) is 4.90 Å². The Hall–Kier alpha value is -1.27. The summed E-state index contributed by atoms with van der Waals surface area (Å²) in [6, 6.07) is 2.56. The molecule has 1 heterocycles. The molecule has 0 aromatic heterocycles. The Labute approximate surface area is 110 Å². The number of fused-ring (bicyclic) bond motifs is 1. The van der Waals surface area contributed by atoms with Gasteiger partial charge >= 0.3 is 0 Å². The van der Waals surface area contributed by atoms with Crippen molar-refractivity contribution in [3.05, 3.63) is 33.2 Å². The number of amides is 2. The molecule has 0 N–H and O–H groups in total. The van der Waals surface area contributed by atoms with Crippen LogP contribution in [0.2, 0.25) is 5.02 Å². The molecule has 0 unspecified atom stereocenters. The molecule has 2 rings (SSSR count). The van der Waals surface area contributed by atoms with Gasteiger partial charge in [0.15, 0.2) is 0 Å². The summed E-state index contributed by atoms with van der Waals surface area (Å²) in [7, 11) is 0. The zero-order chi connectivity index (χ0) is 12.6. The smallest absolute Gasteiger partial charge is 0.261 e. The minimum Gasteiger partial charge on any atom is -0.273 e. The number of imide groups is 1. The second-order valence-corrected chi connectivity index (χ2v) is 4.59. The Morgan fingerprint density at radius 1 is 1.24 bits per heavy atom. The average Bonchev–Trinajstić information content (AvgIpc) is 2.54. The van der Waals surface area contributed by atoms with Crippen LogP contribution >= 0.6 is 27.5 Å². The molecule has 7 heteroatoms. The quantitative estimate of drug-likeness (QED) is 0.489. The van der Waals surface area contributed by atoms with E-state index in [4.69, 9.17) is 11.6 Å². The molecule has 5 nitrogen and oxygen atoms in total. The van der Waals surface area contributed by atoms with E-state index < -0.39 is 11.8 Å². The van der Waals surface area contributed by atoms with Gasteiger partial charge in [-0.25, -0.2) is 0 Å². The largest absolute Gasteiger partial charge is 0.273 e. The van der Waals surface area contributed by atoms with Crippen LogP contribution in [0.5, 0.6) is 0 Å². The van der Waals surface area contributed by atoms with Gasteiger partial charge in [-0.05, 0) is 17.3 Å². The van der Waals surface area contributed by atoms with Crippen molar-refractivity contribution in [2.75, 3.05) is 11.9 Å². The van der Waals surface area contributed by atoms with E-state index in [1.54, 1.807) is 0 Å². The molecular formula is C10H6BrClN2O3. The maximum absolute atomic E-state index is 11.9. The maximum atomic E-state index is 11.9. The molecule has 1 aromatic rings. The van der Waals surface area contributed by atoms with Crippen molar-refractivity contribution in [1.29, 1.82) is 0 Å². The normalized spacial score (nSPS) is 14.1. The molecule has 0 fully saturated rings. The molecule has 2 amide bonds. The summed E-state index contributed by atoms with van der Waals surface area (Å²) in [5.74, 6) is -0.824. The Morgan fingerprint density at radius 2 is 1.82 bits per heavy atom. The van der Waals surface area contributed by atoms with E-state index >= 15 is 0 Å². The summed E-state index contributed by atoms with van der Waals surface area (Å²) >= 11 is 8.92. The first-order valence-electron chi connectivity index (χ1n) is 4.69. The number of nitroso groups, excluding NO2 is 1. The number of carbonyl (C=O) groups is 2. The van der Waals surface area contributed by atoms with Gasteiger partial charge in [-0.3, -0.25) is 14.5 Å².